The average Bonchev–Trinajstić information content (AvgIpc) is 2.85. The molecular weight excluding hydrogens is 232 g/mol. The number of hydrogen-bond donors (Lipinski definition) is 0. The van der Waals surface area contributed by atoms with Crippen LogP contribution in [0.2, 0.25) is 5.02 Å². The van der Waals surface area contributed by atoms with E-state index < -0.39 is 0 Å². The minimum atomic E-state index is 0.627. The van der Waals surface area contributed by atoms with Gasteiger partial charge < -0.3 is 0 Å². The molecule has 0 bridgehead atoms. The lowest BCUT2D eigenvalue weighted by Gasteiger charge is -2.24. The van der Waals surface area contributed by atoms with Crippen LogP contribution in [0.25, 0.3) is 0 Å². The number of rotatable bonds is 3. The minimum Gasteiger partial charge on any atom is -0.299 e. The highest BCUT2D eigenvalue weighted by Crippen LogP contribution is 2.25. The van der Waals surface area contributed by atoms with Crippen molar-refractivity contribution >= 4 is 11.6 Å². The number of nitrogens with zero attached hydrogens (tertiary/aromatic N) is 2. The lowest BCUT2D eigenvalue weighted by molar-refractivity contribution is 0.237. The van der Waals surface area contributed by atoms with Crippen LogP contribution < -0.4 is 0 Å². The first-order valence-corrected chi connectivity index (χ1v) is 6.47. The fourth-order valence-electron chi connectivity index (χ4n) is 2.49. The van der Waals surface area contributed by atoms with Crippen LogP contribution in [0.3, 0.4) is 0 Å². The van der Waals surface area contributed by atoms with Crippen LogP contribution in [0, 0.1) is 11.3 Å². The van der Waals surface area contributed by atoms with E-state index in [9.17, 15) is 0 Å². The van der Waals surface area contributed by atoms with Crippen LogP contribution in [0.5, 0.6) is 0 Å². The molecule has 0 heterocycles. The molecular formula is C14H17ClN2. The second kappa shape index (κ2) is 5.53. The summed E-state index contributed by atoms with van der Waals surface area (Å²) in [5, 5.41) is 9.49. The Balaban J connectivity index is 2.05. The van der Waals surface area contributed by atoms with Gasteiger partial charge in [-0.3, -0.25) is 4.90 Å². The normalized spacial score (nSPS) is 16.4. The standard InChI is InChI=1S/C14H17ClN2/c1-17(13-4-2-3-5-13)10-12-7-6-11(9-16)8-14(12)15/h6-8,13H,2-5,10H2,1H3. The SMILES string of the molecule is CN(Cc1ccc(C#N)cc1Cl)C1CCCC1. The third-order valence-electron chi connectivity index (χ3n) is 3.55. The second-order valence-electron chi connectivity index (χ2n) is 4.77. The zero-order valence-corrected chi connectivity index (χ0v) is 10.9. The van der Waals surface area contributed by atoms with Crippen molar-refractivity contribution in [2.45, 2.75) is 38.3 Å². The molecule has 0 spiro atoms. The van der Waals surface area contributed by atoms with Gasteiger partial charge in [0.2, 0.25) is 0 Å². The van der Waals surface area contributed by atoms with Gasteiger partial charge in [-0.2, -0.15) is 5.26 Å². The van der Waals surface area contributed by atoms with Crippen LogP contribution >= 0.6 is 11.6 Å². The van der Waals surface area contributed by atoms with Crippen molar-refractivity contribution in [2.75, 3.05) is 7.05 Å². The molecule has 0 radical (unpaired) electrons. The van der Waals surface area contributed by atoms with Gasteiger partial charge in [0, 0.05) is 17.6 Å². The molecule has 1 aliphatic carbocycles. The fraction of sp³-hybridized carbons (Fsp3) is 0.500. The maximum Gasteiger partial charge on any atom is 0.0992 e. The van der Waals surface area contributed by atoms with Crippen molar-refractivity contribution < 1.29 is 0 Å². The van der Waals surface area contributed by atoms with E-state index in [2.05, 4.69) is 18.0 Å². The van der Waals surface area contributed by atoms with Crippen molar-refractivity contribution in [3.8, 4) is 6.07 Å². The van der Waals surface area contributed by atoms with E-state index in [4.69, 9.17) is 16.9 Å². The largest absolute Gasteiger partial charge is 0.299 e. The zero-order valence-electron chi connectivity index (χ0n) is 10.1. The van der Waals surface area contributed by atoms with E-state index in [0.717, 1.165) is 12.1 Å². The third kappa shape index (κ3) is 3.00. The molecule has 1 saturated carbocycles. The highest BCUT2D eigenvalue weighted by molar-refractivity contribution is 6.31. The molecule has 0 unspecified atom stereocenters. The Morgan fingerprint density at radius 2 is 2.12 bits per heavy atom. The molecule has 0 amide bonds. The molecule has 2 nitrogen and oxygen atoms in total. The van der Waals surface area contributed by atoms with Gasteiger partial charge in [-0.05, 0) is 37.6 Å². The summed E-state index contributed by atoms with van der Waals surface area (Å²) in [5.41, 5.74) is 1.74. The van der Waals surface area contributed by atoms with E-state index in [1.165, 1.54) is 25.7 Å². The van der Waals surface area contributed by atoms with Gasteiger partial charge in [-0.15, -0.1) is 0 Å². The Kier molecular flexibility index (Phi) is 4.04. The minimum absolute atomic E-state index is 0.627. The summed E-state index contributed by atoms with van der Waals surface area (Å²) in [7, 11) is 2.16. The molecule has 1 aromatic carbocycles. The fourth-order valence-corrected chi connectivity index (χ4v) is 2.73. The van der Waals surface area contributed by atoms with Crippen LogP contribution in [-0.2, 0) is 6.54 Å². The third-order valence-corrected chi connectivity index (χ3v) is 3.90. The molecule has 90 valence electrons. The molecule has 0 atom stereocenters. The number of benzene rings is 1. The van der Waals surface area contributed by atoms with E-state index in [1.54, 1.807) is 6.07 Å². The predicted molar refractivity (Wildman–Crippen MR) is 69.9 cm³/mol. The summed E-state index contributed by atoms with van der Waals surface area (Å²) in [4.78, 5) is 2.38. The van der Waals surface area contributed by atoms with Gasteiger partial charge in [-0.1, -0.05) is 30.5 Å². The molecule has 3 heteroatoms. The molecule has 1 aromatic rings. The lowest BCUT2D eigenvalue weighted by Crippen LogP contribution is -2.28. The Morgan fingerprint density at radius 3 is 2.71 bits per heavy atom. The Morgan fingerprint density at radius 1 is 1.41 bits per heavy atom. The summed E-state index contributed by atoms with van der Waals surface area (Å²) < 4.78 is 0. The van der Waals surface area contributed by atoms with Gasteiger partial charge in [0.1, 0.15) is 0 Å². The summed E-state index contributed by atoms with van der Waals surface area (Å²) in [6, 6.07) is 8.35. The molecule has 17 heavy (non-hydrogen) atoms. The first kappa shape index (κ1) is 12.4. The summed E-state index contributed by atoms with van der Waals surface area (Å²) in [6.45, 7) is 0.870. The quantitative estimate of drug-likeness (QED) is 0.818. The van der Waals surface area contributed by atoms with E-state index in [-0.39, 0.29) is 0 Å². The molecule has 2 rings (SSSR count). The number of nitriles is 1. The van der Waals surface area contributed by atoms with Crippen molar-refractivity contribution in [1.82, 2.24) is 4.90 Å². The Hall–Kier alpha value is -1.04. The Labute approximate surface area is 108 Å². The highest BCUT2D eigenvalue weighted by Gasteiger charge is 2.19. The number of hydrogen-bond acceptors (Lipinski definition) is 2. The summed E-state index contributed by atoms with van der Waals surface area (Å²) >= 11 is 6.18. The highest BCUT2D eigenvalue weighted by atomic mass is 35.5. The smallest absolute Gasteiger partial charge is 0.0992 e. The average molecular weight is 249 g/mol. The maximum atomic E-state index is 8.79. The topological polar surface area (TPSA) is 27.0 Å². The van der Waals surface area contributed by atoms with Crippen LogP contribution in [0.4, 0.5) is 0 Å². The van der Waals surface area contributed by atoms with Gasteiger partial charge in [-0.25, -0.2) is 0 Å². The molecule has 0 N–H and O–H groups in total. The molecule has 0 saturated heterocycles. The van der Waals surface area contributed by atoms with Gasteiger partial charge >= 0.3 is 0 Å². The van der Waals surface area contributed by atoms with Crippen molar-refractivity contribution in [3.05, 3.63) is 34.3 Å². The lowest BCUT2D eigenvalue weighted by atomic mass is 10.1. The van der Waals surface area contributed by atoms with E-state index >= 15 is 0 Å². The van der Waals surface area contributed by atoms with Gasteiger partial charge in [0.05, 0.1) is 11.6 Å². The van der Waals surface area contributed by atoms with Gasteiger partial charge in [0.25, 0.3) is 0 Å². The monoisotopic (exact) mass is 248 g/mol. The van der Waals surface area contributed by atoms with Crippen molar-refractivity contribution in [2.24, 2.45) is 0 Å². The molecule has 1 aliphatic rings. The first-order valence-electron chi connectivity index (χ1n) is 6.09. The van der Waals surface area contributed by atoms with Gasteiger partial charge in [0.15, 0.2) is 0 Å². The molecule has 0 aliphatic heterocycles. The Bertz CT molecular complexity index is 430. The second-order valence-corrected chi connectivity index (χ2v) is 5.18. The summed E-state index contributed by atoms with van der Waals surface area (Å²) in [5.74, 6) is 0. The molecule has 1 fully saturated rings. The van der Waals surface area contributed by atoms with Crippen LogP contribution in [0.15, 0.2) is 18.2 Å². The summed E-state index contributed by atoms with van der Waals surface area (Å²) in [6.07, 6.45) is 5.28. The van der Waals surface area contributed by atoms with Crippen molar-refractivity contribution in [3.63, 3.8) is 0 Å². The number of halogens is 1. The van der Waals surface area contributed by atoms with Crippen LogP contribution in [-0.4, -0.2) is 18.0 Å². The van der Waals surface area contributed by atoms with E-state index in [1.807, 2.05) is 12.1 Å². The first-order chi connectivity index (χ1) is 8.20. The van der Waals surface area contributed by atoms with Crippen LogP contribution in [0.1, 0.15) is 36.8 Å². The maximum absolute atomic E-state index is 8.79. The zero-order chi connectivity index (χ0) is 12.3. The molecule has 0 aromatic heterocycles. The predicted octanol–water partition coefficient (Wildman–Crippen LogP) is 3.59. The van der Waals surface area contributed by atoms with E-state index in [0.29, 0.717) is 16.6 Å². The van der Waals surface area contributed by atoms with Crippen molar-refractivity contribution in [1.29, 1.82) is 5.26 Å².